The Hall–Kier alpha value is -4.95. The zero-order valence-electron chi connectivity index (χ0n) is 30.1. The number of rotatable bonds is 17. The lowest BCUT2D eigenvalue weighted by atomic mass is 9.76. The molecule has 0 aliphatic heterocycles. The second-order valence-corrected chi connectivity index (χ2v) is 12.6. The van der Waals surface area contributed by atoms with Crippen LogP contribution in [-0.4, -0.2) is 109 Å². The Morgan fingerprint density at radius 2 is 1.64 bits per heavy atom. The van der Waals surface area contributed by atoms with Crippen molar-refractivity contribution < 1.29 is 63.7 Å². The van der Waals surface area contributed by atoms with Gasteiger partial charge in [-0.15, -0.1) is 0 Å². The number of hydrogen-bond donors (Lipinski definition) is 1. The minimum atomic E-state index is -5.00. The monoisotopic (exact) mass is 790 g/mol. The number of ether oxygens (including phenoxy) is 3. The minimum Gasteiger partial charge on any atom is -0.489 e. The van der Waals surface area contributed by atoms with Crippen LogP contribution in [0.2, 0.25) is 0 Å². The number of hydrogen-bond acceptors (Lipinski definition) is 11. The highest BCUT2D eigenvalue weighted by atomic mass is 19.4. The lowest BCUT2D eigenvalue weighted by molar-refractivity contribution is -0.189. The fraction of sp³-hybridized carbons (Fsp3) is 0.457. The number of halogens is 8. The van der Waals surface area contributed by atoms with Gasteiger partial charge in [-0.25, -0.2) is 24.2 Å². The van der Waals surface area contributed by atoms with Crippen LogP contribution in [0.5, 0.6) is 5.75 Å². The van der Waals surface area contributed by atoms with Gasteiger partial charge in [0.2, 0.25) is 5.82 Å². The van der Waals surface area contributed by atoms with Crippen LogP contribution in [0.4, 0.5) is 40.8 Å². The maximum atomic E-state index is 15.6. The molecule has 1 heterocycles. The molecule has 1 atom stereocenters. The van der Waals surface area contributed by atoms with Gasteiger partial charge in [0.05, 0.1) is 31.5 Å². The number of amides is 1. The zero-order chi connectivity index (χ0) is 40.7. The molecular formula is C35H38F8N6O6. The van der Waals surface area contributed by atoms with Gasteiger partial charge in [0, 0.05) is 44.1 Å². The standard InChI is InChI=1S/C35H38F8N6O6/c1-47(12-14-53-3)13-15-55-27-9-6-21(29(36)30(27)37)18-49(48(2)33(10-5-11-33)32(52)54-4)31(51)26(19-50)46-24-8-7-22(34(38,39)40)16-23(24)25-17-28(35(41,42)43)45-20-44-25/h6-9,16-17,19-20,26,46H,5,10-15,18H2,1-4H3. The van der Waals surface area contributed by atoms with Crippen LogP contribution in [0.3, 0.4) is 0 Å². The molecule has 55 heavy (non-hydrogen) atoms. The number of carbonyl (C=O) groups excluding carboxylic acids is 3. The van der Waals surface area contributed by atoms with E-state index in [0.29, 0.717) is 50.6 Å². The summed E-state index contributed by atoms with van der Waals surface area (Å²) in [7, 11) is 5.69. The third kappa shape index (κ3) is 9.84. The lowest BCUT2D eigenvalue weighted by Crippen LogP contribution is -2.66. The summed E-state index contributed by atoms with van der Waals surface area (Å²) >= 11 is 0. The van der Waals surface area contributed by atoms with Crippen molar-refractivity contribution in [3.63, 3.8) is 0 Å². The first-order valence-corrected chi connectivity index (χ1v) is 16.6. The molecule has 1 unspecified atom stereocenters. The van der Waals surface area contributed by atoms with Crippen LogP contribution in [0, 0.1) is 11.6 Å². The molecule has 1 N–H and O–H groups in total. The maximum absolute atomic E-state index is 15.6. The number of nitrogens with zero attached hydrogens (tertiary/aromatic N) is 5. The van der Waals surface area contributed by atoms with E-state index in [9.17, 15) is 40.7 Å². The Morgan fingerprint density at radius 1 is 0.945 bits per heavy atom. The summed E-state index contributed by atoms with van der Waals surface area (Å²) in [6.45, 7) is 0.540. The summed E-state index contributed by atoms with van der Waals surface area (Å²) in [6, 6.07) is 2.46. The topological polar surface area (TPSA) is 126 Å². The number of aromatic nitrogens is 2. The van der Waals surface area contributed by atoms with Crippen LogP contribution >= 0.6 is 0 Å². The number of likely N-dealkylation sites (N-methyl/N-ethyl adjacent to an activating group) is 2. The van der Waals surface area contributed by atoms with Crippen LogP contribution in [0.25, 0.3) is 11.3 Å². The normalized spacial score (nSPS) is 14.7. The summed E-state index contributed by atoms with van der Waals surface area (Å²) in [5.41, 5.74) is -6.32. The van der Waals surface area contributed by atoms with E-state index >= 15 is 8.78 Å². The van der Waals surface area contributed by atoms with E-state index in [4.69, 9.17) is 14.2 Å². The average molecular weight is 791 g/mol. The van der Waals surface area contributed by atoms with Gasteiger partial charge in [-0.3, -0.25) is 9.80 Å². The number of hydrazine groups is 1. The fourth-order valence-corrected chi connectivity index (χ4v) is 5.76. The Bertz CT molecular complexity index is 1840. The number of alkyl halides is 6. The van der Waals surface area contributed by atoms with E-state index in [1.54, 1.807) is 7.05 Å². The van der Waals surface area contributed by atoms with Crippen molar-refractivity contribution in [3.05, 3.63) is 71.2 Å². The van der Waals surface area contributed by atoms with Crippen molar-refractivity contribution in [2.75, 3.05) is 59.9 Å². The first-order chi connectivity index (χ1) is 25.9. The highest BCUT2D eigenvalue weighted by molar-refractivity contribution is 5.99. The van der Waals surface area contributed by atoms with Gasteiger partial charge in [0.25, 0.3) is 5.91 Å². The first kappa shape index (κ1) is 42.8. The van der Waals surface area contributed by atoms with E-state index in [0.717, 1.165) is 35.3 Å². The number of methoxy groups -OCH3 is 2. The van der Waals surface area contributed by atoms with Gasteiger partial charge >= 0.3 is 18.3 Å². The summed E-state index contributed by atoms with van der Waals surface area (Å²) in [5.74, 6) is -5.22. The van der Waals surface area contributed by atoms with E-state index in [1.807, 2.05) is 4.90 Å². The molecule has 1 amide bonds. The largest absolute Gasteiger partial charge is 0.489 e. The van der Waals surface area contributed by atoms with Gasteiger partial charge in [-0.05, 0) is 56.6 Å². The number of aldehydes is 1. The summed E-state index contributed by atoms with van der Waals surface area (Å²) in [5, 5.41) is 4.35. The van der Waals surface area contributed by atoms with Gasteiger partial charge < -0.3 is 29.2 Å². The molecule has 300 valence electrons. The van der Waals surface area contributed by atoms with E-state index in [2.05, 4.69) is 15.3 Å². The molecule has 1 aliphatic rings. The number of benzene rings is 2. The van der Waals surface area contributed by atoms with Gasteiger partial charge in [-0.2, -0.15) is 30.7 Å². The van der Waals surface area contributed by atoms with Gasteiger partial charge in [0.1, 0.15) is 24.2 Å². The molecule has 20 heteroatoms. The Labute approximate surface area is 310 Å². The molecule has 1 aliphatic carbocycles. The summed E-state index contributed by atoms with van der Waals surface area (Å²) in [6.07, 6.45) is -8.62. The van der Waals surface area contributed by atoms with E-state index < -0.39 is 93.5 Å². The molecule has 4 rings (SSSR count). The van der Waals surface area contributed by atoms with Crippen molar-refractivity contribution >= 4 is 23.9 Å². The molecular weight excluding hydrogens is 752 g/mol. The van der Waals surface area contributed by atoms with Crippen molar-refractivity contribution in [2.45, 2.75) is 49.7 Å². The fourth-order valence-electron chi connectivity index (χ4n) is 5.76. The number of esters is 1. The predicted molar refractivity (Wildman–Crippen MR) is 179 cm³/mol. The van der Waals surface area contributed by atoms with Crippen molar-refractivity contribution in [1.29, 1.82) is 0 Å². The summed E-state index contributed by atoms with van der Waals surface area (Å²) < 4.78 is 128. The van der Waals surface area contributed by atoms with E-state index in [-0.39, 0.29) is 25.7 Å². The maximum Gasteiger partial charge on any atom is 0.433 e. The Morgan fingerprint density at radius 3 is 2.22 bits per heavy atom. The third-order valence-electron chi connectivity index (χ3n) is 9.13. The molecule has 0 radical (unpaired) electrons. The molecule has 12 nitrogen and oxygen atoms in total. The Balaban J connectivity index is 1.72. The molecule has 1 aromatic heterocycles. The number of carbonyl (C=O) groups is 3. The lowest BCUT2D eigenvalue weighted by Gasteiger charge is -2.50. The van der Waals surface area contributed by atoms with Crippen molar-refractivity contribution in [3.8, 4) is 17.0 Å². The predicted octanol–water partition coefficient (Wildman–Crippen LogP) is 5.37. The third-order valence-corrected chi connectivity index (χ3v) is 9.13. The van der Waals surface area contributed by atoms with Crippen LogP contribution in [-0.2, 0) is 42.8 Å². The number of nitrogens with one attached hydrogen (secondary N) is 1. The zero-order valence-corrected chi connectivity index (χ0v) is 30.1. The molecule has 0 spiro atoms. The number of anilines is 1. The van der Waals surface area contributed by atoms with E-state index in [1.165, 1.54) is 14.2 Å². The molecule has 1 fully saturated rings. The smallest absolute Gasteiger partial charge is 0.433 e. The van der Waals surface area contributed by atoms with Crippen LogP contribution < -0.4 is 10.1 Å². The van der Waals surface area contributed by atoms with Crippen LogP contribution in [0.1, 0.15) is 36.1 Å². The summed E-state index contributed by atoms with van der Waals surface area (Å²) in [4.78, 5) is 48.5. The second-order valence-electron chi connectivity index (χ2n) is 12.6. The quantitative estimate of drug-likeness (QED) is 0.0624. The molecule has 3 aromatic rings. The van der Waals surface area contributed by atoms with Gasteiger partial charge in [-0.1, -0.05) is 6.07 Å². The highest BCUT2D eigenvalue weighted by Crippen LogP contribution is 2.41. The Kier molecular flexibility index (Phi) is 13.7. The highest BCUT2D eigenvalue weighted by Gasteiger charge is 2.52. The SMILES string of the molecule is COCCN(C)CCOc1ccc(CN(C(=O)C(C=O)Nc2ccc(C(F)(F)F)cc2-c2cc(C(F)(F)F)ncn2)N(C)C2(C(=O)OC)CCC2)c(F)c1F. The molecule has 1 saturated carbocycles. The first-order valence-electron chi connectivity index (χ1n) is 16.6. The van der Waals surface area contributed by atoms with Crippen LogP contribution in [0.15, 0.2) is 42.7 Å². The average Bonchev–Trinajstić information content (AvgIpc) is 3.12. The minimum absolute atomic E-state index is 0.0178. The molecule has 2 aromatic carbocycles. The molecule has 0 saturated heterocycles. The van der Waals surface area contributed by atoms with Gasteiger partial charge in [0.15, 0.2) is 23.9 Å². The van der Waals surface area contributed by atoms with Crippen molar-refractivity contribution in [2.24, 2.45) is 0 Å². The molecule has 0 bridgehead atoms. The van der Waals surface area contributed by atoms with Crippen molar-refractivity contribution in [1.82, 2.24) is 24.9 Å². The second kappa shape index (κ2) is 17.7.